The minimum atomic E-state index is -0.367. The van der Waals surface area contributed by atoms with Crippen molar-refractivity contribution in [3.63, 3.8) is 0 Å². The van der Waals surface area contributed by atoms with Gasteiger partial charge in [0.05, 0.1) is 33.1 Å². The van der Waals surface area contributed by atoms with Gasteiger partial charge in [0.25, 0.3) is 0 Å². The quantitative estimate of drug-likeness (QED) is 0.462. The number of anilines is 1. The van der Waals surface area contributed by atoms with Crippen LogP contribution in [0.5, 0.6) is 17.2 Å². The number of carbonyl (C=O) groups is 1. The molecule has 37 heavy (non-hydrogen) atoms. The lowest BCUT2D eigenvalue weighted by Gasteiger charge is -2.19. The number of nitrogens with one attached hydrogen (secondary N) is 2. The van der Waals surface area contributed by atoms with Gasteiger partial charge in [-0.15, -0.1) is 0 Å². The first-order chi connectivity index (χ1) is 17.9. The minimum absolute atomic E-state index is 0.180. The highest BCUT2D eigenvalue weighted by Crippen LogP contribution is 2.50. The molecular formula is C29H31FN2O5. The second kappa shape index (κ2) is 11.3. The summed E-state index contributed by atoms with van der Waals surface area (Å²) in [4.78, 5) is 25.4. The maximum atomic E-state index is 13.3. The van der Waals surface area contributed by atoms with Crippen molar-refractivity contribution in [3.05, 3.63) is 81.3 Å². The number of benzene rings is 2. The van der Waals surface area contributed by atoms with Crippen molar-refractivity contribution in [2.24, 2.45) is 0 Å². The molecule has 7 nitrogen and oxygen atoms in total. The molecule has 3 aromatic carbocycles. The number of ether oxygens (including phenoxy) is 3. The Hall–Kier alpha value is -4.07. The van der Waals surface area contributed by atoms with E-state index in [1.165, 1.54) is 19.1 Å². The Morgan fingerprint density at radius 3 is 2.38 bits per heavy atom. The molecule has 1 aliphatic rings. The van der Waals surface area contributed by atoms with E-state index in [1.54, 1.807) is 45.6 Å². The van der Waals surface area contributed by atoms with Crippen LogP contribution in [0.3, 0.4) is 0 Å². The molecule has 194 valence electrons. The molecule has 2 N–H and O–H groups in total. The predicted molar refractivity (Wildman–Crippen MR) is 141 cm³/mol. The van der Waals surface area contributed by atoms with Gasteiger partial charge >= 0.3 is 0 Å². The van der Waals surface area contributed by atoms with E-state index in [-0.39, 0.29) is 23.2 Å². The molecule has 4 rings (SSSR count). The Kier molecular flexibility index (Phi) is 7.96. The van der Waals surface area contributed by atoms with Gasteiger partial charge in [0.1, 0.15) is 5.82 Å². The summed E-state index contributed by atoms with van der Waals surface area (Å²) in [6.45, 7) is 1.96. The maximum Gasteiger partial charge on any atom is 0.217 e. The van der Waals surface area contributed by atoms with Crippen molar-refractivity contribution in [1.29, 1.82) is 0 Å². The fraction of sp³-hybridized carbons (Fsp3) is 0.310. The normalized spacial score (nSPS) is 14.0. The van der Waals surface area contributed by atoms with Crippen molar-refractivity contribution < 1.29 is 23.4 Å². The Labute approximate surface area is 215 Å². The molecule has 0 fully saturated rings. The molecular weight excluding hydrogens is 475 g/mol. The van der Waals surface area contributed by atoms with Gasteiger partial charge < -0.3 is 24.8 Å². The molecule has 0 radical (unpaired) electrons. The van der Waals surface area contributed by atoms with Crippen LogP contribution in [0.25, 0.3) is 11.1 Å². The number of aryl methyl sites for hydroxylation is 1. The summed E-state index contributed by atoms with van der Waals surface area (Å²) in [5, 5.41) is 6.22. The lowest BCUT2D eigenvalue weighted by Crippen LogP contribution is -2.26. The molecule has 0 aliphatic heterocycles. The van der Waals surface area contributed by atoms with Crippen molar-refractivity contribution in [2.75, 3.05) is 33.2 Å². The summed E-state index contributed by atoms with van der Waals surface area (Å²) in [5.41, 5.74) is 4.44. The second-order valence-corrected chi connectivity index (χ2v) is 8.90. The van der Waals surface area contributed by atoms with E-state index in [4.69, 9.17) is 14.2 Å². The van der Waals surface area contributed by atoms with E-state index in [2.05, 4.69) is 10.6 Å². The van der Waals surface area contributed by atoms with Gasteiger partial charge in [-0.25, -0.2) is 4.39 Å². The average Bonchev–Trinajstić information content (AvgIpc) is 3.13. The maximum absolute atomic E-state index is 13.3. The molecule has 8 heteroatoms. The zero-order valence-corrected chi connectivity index (χ0v) is 21.4. The van der Waals surface area contributed by atoms with Crippen molar-refractivity contribution in [3.8, 4) is 28.4 Å². The Morgan fingerprint density at radius 1 is 1.00 bits per heavy atom. The smallest absolute Gasteiger partial charge is 0.217 e. The number of hydrogen-bond donors (Lipinski definition) is 2. The van der Waals surface area contributed by atoms with E-state index in [0.717, 1.165) is 22.3 Å². The lowest BCUT2D eigenvalue weighted by molar-refractivity contribution is -0.119. The highest BCUT2D eigenvalue weighted by molar-refractivity contribution is 5.83. The molecule has 0 spiro atoms. The van der Waals surface area contributed by atoms with Crippen LogP contribution in [-0.2, 0) is 17.6 Å². The molecule has 1 aliphatic carbocycles. The van der Waals surface area contributed by atoms with Crippen LogP contribution in [0.1, 0.15) is 36.1 Å². The Bertz CT molecular complexity index is 1360. The number of amides is 1. The van der Waals surface area contributed by atoms with Crippen LogP contribution in [0.15, 0.2) is 53.3 Å². The summed E-state index contributed by atoms with van der Waals surface area (Å²) in [7, 11) is 4.69. The van der Waals surface area contributed by atoms with Crippen LogP contribution in [0.2, 0.25) is 0 Å². The fourth-order valence-corrected chi connectivity index (χ4v) is 4.85. The van der Waals surface area contributed by atoms with Gasteiger partial charge in [-0.2, -0.15) is 0 Å². The number of carbonyl (C=O) groups excluding carboxylic acids is 1. The number of hydrogen-bond acceptors (Lipinski definition) is 6. The highest BCUT2D eigenvalue weighted by atomic mass is 19.1. The Morgan fingerprint density at radius 2 is 1.73 bits per heavy atom. The van der Waals surface area contributed by atoms with Gasteiger partial charge in [0.15, 0.2) is 11.5 Å². The molecule has 1 amide bonds. The summed E-state index contributed by atoms with van der Waals surface area (Å²) in [6.07, 6.45) is 1.85. The molecule has 1 unspecified atom stereocenters. The van der Waals surface area contributed by atoms with Gasteiger partial charge in [0, 0.05) is 19.0 Å². The molecule has 0 aromatic heterocycles. The zero-order valence-electron chi connectivity index (χ0n) is 21.4. The van der Waals surface area contributed by atoms with Crippen LogP contribution >= 0.6 is 0 Å². The van der Waals surface area contributed by atoms with Gasteiger partial charge in [0.2, 0.25) is 17.1 Å². The monoisotopic (exact) mass is 506 g/mol. The fourth-order valence-electron chi connectivity index (χ4n) is 4.85. The predicted octanol–water partition coefficient (Wildman–Crippen LogP) is 4.66. The Balaban J connectivity index is 1.81. The van der Waals surface area contributed by atoms with Crippen molar-refractivity contribution >= 4 is 11.6 Å². The third kappa shape index (κ3) is 5.53. The number of halogens is 1. The molecule has 0 saturated carbocycles. The van der Waals surface area contributed by atoms with Gasteiger partial charge in [-0.3, -0.25) is 9.59 Å². The van der Waals surface area contributed by atoms with Crippen molar-refractivity contribution in [1.82, 2.24) is 5.32 Å². The minimum Gasteiger partial charge on any atom is -0.493 e. The van der Waals surface area contributed by atoms with Crippen LogP contribution in [0.4, 0.5) is 10.1 Å². The molecule has 3 aromatic rings. The third-order valence-electron chi connectivity index (χ3n) is 6.56. The first-order valence-electron chi connectivity index (χ1n) is 12.1. The first kappa shape index (κ1) is 26.0. The van der Waals surface area contributed by atoms with E-state index >= 15 is 0 Å². The zero-order chi connectivity index (χ0) is 26.5. The topological polar surface area (TPSA) is 85.9 Å². The van der Waals surface area contributed by atoms with Gasteiger partial charge in [-0.05, 0) is 71.8 Å². The summed E-state index contributed by atoms with van der Waals surface area (Å²) >= 11 is 0. The number of methoxy groups -OCH3 is 3. The van der Waals surface area contributed by atoms with E-state index < -0.39 is 0 Å². The largest absolute Gasteiger partial charge is 0.493 e. The SMILES string of the molecule is COc1cc2c(c(OC)c1OC)-c1ccc(NCCc3ccc(F)cc3)c(=O)cc1C(NC(C)=O)CC2. The molecule has 1 atom stereocenters. The standard InChI is InChI=1S/C29H31FN2O5/c1-17(33)32-23-11-7-19-15-26(35-2)28(36-3)29(37-4)27(19)21-10-12-24(25(34)16-22(21)23)31-14-13-18-5-8-20(30)9-6-18/h5-6,8-10,12,15-16,23H,7,11,13-14H2,1-4H3,(H,31,34)(H,32,33). The number of rotatable bonds is 8. The average molecular weight is 507 g/mol. The van der Waals surface area contributed by atoms with E-state index in [0.29, 0.717) is 54.3 Å². The summed E-state index contributed by atoms with van der Waals surface area (Å²) in [5.74, 6) is 1.05. The lowest BCUT2D eigenvalue weighted by atomic mass is 9.95. The molecule has 0 bridgehead atoms. The van der Waals surface area contributed by atoms with Crippen LogP contribution < -0.4 is 30.3 Å². The highest BCUT2D eigenvalue weighted by Gasteiger charge is 2.29. The second-order valence-electron chi connectivity index (χ2n) is 8.90. The van der Waals surface area contributed by atoms with Crippen LogP contribution in [0, 0.1) is 5.82 Å². The summed E-state index contributed by atoms with van der Waals surface area (Å²) in [6, 6.07) is 13.1. The number of fused-ring (bicyclic) bond motifs is 3. The van der Waals surface area contributed by atoms with E-state index in [1.807, 2.05) is 12.1 Å². The third-order valence-corrected chi connectivity index (χ3v) is 6.56. The van der Waals surface area contributed by atoms with Gasteiger partial charge in [-0.1, -0.05) is 18.2 Å². The molecule has 0 saturated heterocycles. The van der Waals surface area contributed by atoms with E-state index in [9.17, 15) is 14.0 Å². The van der Waals surface area contributed by atoms with Crippen LogP contribution in [-0.4, -0.2) is 33.8 Å². The first-order valence-corrected chi connectivity index (χ1v) is 12.1. The van der Waals surface area contributed by atoms with Crippen molar-refractivity contribution in [2.45, 2.75) is 32.2 Å². The molecule has 0 heterocycles. The summed E-state index contributed by atoms with van der Waals surface area (Å²) < 4.78 is 30.2.